The molecule has 0 bridgehead atoms. The third kappa shape index (κ3) is 3.96. The van der Waals surface area contributed by atoms with E-state index in [9.17, 15) is 9.59 Å². The molecule has 1 aliphatic carbocycles. The highest BCUT2D eigenvalue weighted by Crippen LogP contribution is 2.37. The van der Waals surface area contributed by atoms with Crippen molar-refractivity contribution in [2.75, 3.05) is 24.8 Å². The van der Waals surface area contributed by atoms with Gasteiger partial charge in [-0.2, -0.15) is 9.61 Å². The number of hydrogen-bond acceptors (Lipinski definition) is 8. The van der Waals surface area contributed by atoms with Crippen LogP contribution in [0.25, 0.3) is 11.5 Å². The maximum absolute atomic E-state index is 13.0. The predicted molar refractivity (Wildman–Crippen MR) is 124 cm³/mol. The van der Waals surface area contributed by atoms with E-state index in [0.717, 1.165) is 6.42 Å². The van der Waals surface area contributed by atoms with Gasteiger partial charge in [0.05, 0.1) is 17.9 Å². The molecule has 4 heterocycles. The second-order valence-electron chi connectivity index (χ2n) is 7.88. The lowest BCUT2D eigenvalue weighted by atomic mass is 10.1. The molecule has 0 amide bonds. The predicted octanol–water partition coefficient (Wildman–Crippen LogP) is 2.67. The van der Waals surface area contributed by atoms with Crippen molar-refractivity contribution >= 4 is 28.8 Å². The van der Waals surface area contributed by atoms with Crippen LogP contribution < -0.4 is 16.2 Å². The maximum atomic E-state index is 13.0. The summed E-state index contributed by atoms with van der Waals surface area (Å²) in [4.78, 5) is 34.8. The minimum atomic E-state index is -0.270. The molecule has 0 spiro atoms. The Balaban J connectivity index is 1.49. The van der Waals surface area contributed by atoms with Crippen molar-refractivity contribution in [1.82, 2.24) is 24.1 Å². The van der Waals surface area contributed by atoms with Crippen molar-refractivity contribution in [3.63, 3.8) is 0 Å². The monoisotopic (exact) mass is 445 g/mol. The van der Waals surface area contributed by atoms with Crippen molar-refractivity contribution < 1.29 is 9.53 Å². The number of carbonyl (C=O) groups excluding carboxylic acids is 1. The number of methoxy groups -OCH3 is 1. The number of hydrogen-bond donors (Lipinski definition) is 2. The summed E-state index contributed by atoms with van der Waals surface area (Å²) in [6.07, 6.45) is 6.25. The zero-order valence-corrected chi connectivity index (χ0v) is 18.2. The minimum absolute atomic E-state index is 0.0292. The Morgan fingerprint density at radius 3 is 2.88 bits per heavy atom. The third-order valence-electron chi connectivity index (χ3n) is 5.74. The van der Waals surface area contributed by atoms with Gasteiger partial charge in [-0.3, -0.25) is 14.2 Å². The van der Waals surface area contributed by atoms with Crippen LogP contribution in [0.1, 0.15) is 23.2 Å². The maximum Gasteiger partial charge on any atom is 0.279 e. The van der Waals surface area contributed by atoms with E-state index in [2.05, 4.69) is 25.7 Å². The molecular formula is C23H23N7O3. The molecule has 10 nitrogen and oxygen atoms in total. The minimum Gasteiger partial charge on any atom is -0.381 e. The third-order valence-corrected chi connectivity index (χ3v) is 5.74. The fraction of sp³-hybridized carbons (Fsp3) is 0.261. The van der Waals surface area contributed by atoms with Crippen LogP contribution in [-0.4, -0.2) is 50.2 Å². The van der Waals surface area contributed by atoms with Gasteiger partial charge in [0.1, 0.15) is 23.1 Å². The summed E-state index contributed by atoms with van der Waals surface area (Å²) in [7, 11) is 3.42. The van der Waals surface area contributed by atoms with Crippen molar-refractivity contribution in [3.8, 4) is 5.82 Å². The number of anilines is 3. The van der Waals surface area contributed by atoms with Gasteiger partial charge in [-0.15, -0.1) is 0 Å². The highest BCUT2D eigenvalue weighted by molar-refractivity contribution is 6.02. The van der Waals surface area contributed by atoms with E-state index in [1.165, 1.54) is 10.8 Å². The summed E-state index contributed by atoms with van der Waals surface area (Å²) < 4.78 is 8.34. The average Bonchev–Trinajstić information content (AvgIpc) is 3.45. The summed E-state index contributed by atoms with van der Waals surface area (Å²) in [5, 5.41) is 10.5. The van der Waals surface area contributed by atoms with Gasteiger partial charge in [0, 0.05) is 39.0 Å². The number of fused-ring (bicyclic) bond motifs is 1. The van der Waals surface area contributed by atoms with Crippen LogP contribution in [0, 0.1) is 5.92 Å². The van der Waals surface area contributed by atoms with Crippen LogP contribution in [0.3, 0.4) is 0 Å². The molecule has 0 radical (unpaired) electrons. The van der Waals surface area contributed by atoms with Gasteiger partial charge in [0.2, 0.25) is 0 Å². The zero-order chi connectivity index (χ0) is 22.9. The second kappa shape index (κ2) is 8.47. The molecule has 5 rings (SSSR count). The number of ether oxygens (including phenoxy) is 1. The topological polar surface area (TPSA) is 115 Å². The Kier molecular flexibility index (Phi) is 5.35. The Labute approximate surface area is 189 Å². The van der Waals surface area contributed by atoms with Gasteiger partial charge < -0.3 is 15.4 Å². The van der Waals surface area contributed by atoms with E-state index in [0.29, 0.717) is 40.8 Å². The Bertz CT molecular complexity index is 1380. The Hall–Kier alpha value is -4.05. The lowest BCUT2D eigenvalue weighted by Gasteiger charge is -2.11. The lowest BCUT2D eigenvalue weighted by molar-refractivity contribution is 0.0960. The normalized spacial score (nSPS) is 17.2. The molecule has 0 saturated heterocycles. The van der Waals surface area contributed by atoms with E-state index in [1.807, 2.05) is 6.07 Å². The molecule has 10 heteroatoms. The number of rotatable bonds is 8. The highest BCUT2D eigenvalue weighted by Gasteiger charge is 2.39. The van der Waals surface area contributed by atoms with Crippen LogP contribution in [-0.2, 0) is 4.74 Å². The summed E-state index contributed by atoms with van der Waals surface area (Å²) >= 11 is 0. The van der Waals surface area contributed by atoms with Crippen molar-refractivity contribution in [2.45, 2.75) is 18.9 Å². The number of aromatic nitrogens is 5. The molecule has 168 valence electrons. The molecule has 2 N–H and O–H groups in total. The summed E-state index contributed by atoms with van der Waals surface area (Å²) in [5.41, 5.74) is 0.921. The summed E-state index contributed by atoms with van der Waals surface area (Å²) in [6, 6.07) is 10.5. The quantitative estimate of drug-likeness (QED) is 0.398. The molecule has 0 aliphatic heterocycles. The number of carbonyl (C=O) groups is 1. The molecule has 0 unspecified atom stereocenters. The molecule has 33 heavy (non-hydrogen) atoms. The van der Waals surface area contributed by atoms with Crippen LogP contribution in [0.5, 0.6) is 0 Å². The highest BCUT2D eigenvalue weighted by atomic mass is 16.5. The first kappa shape index (κ1) is 20.8. The van der Waals surface area contributed by atoms with Crippen molar-refractivity contribution in [3.05, 3.63) is 70.9 Å². The molecule has 2 atom stereocenters. The fourth-order valence-corrected chi connectivity index (χ4v) is 3.88. The first-order valence-corrected chi connectivity index (χ1v) is 10.6. The zero-order valence-electron chi connectivity index (χ0n) is 18.2. The van der Waals surface area contributed by atoms with E-state index in [1.54, 1.807) is 61.4 Å². The van der Waals surface area contributed by atoms with Crippen molar-refractivity contribution in [1.29, 1.82) is 0 Å². The number of nitrogens with one attached hydrogen (secondary N) is 2. The molecule has 4 aromatic rings. The smallest absolute Gasteiger partial charge is 0.279 e. The fourth-order valence-electron chi connectivity index (χ4n) is 3.88. The van der Waals surface area contributed by atoms with Gasteiger partial charge in [0.25, 0.3) is 5.56 Å². The number of pyridine rings is 2. The van der Waals surface area contributed by atoms with E-state index in [4.69, 9.17) is 4.74 Å². The van der Waals surface area contributed by atoms with Crippen LogP contribution in [0.15, 0.2) is 59.8 Å². The van der Waals surface area contributed by atoms with Gasteiger partial charge in [-0.05, 0) is 36.6 Å². The standard InChI is InChI=1S/C23H23N7O3/c1-24-21-12-19(27-16-6-5-9-29(23(16)32)20-7-3-4-8-25-20)28-22-15(13-26-30(21)22)17(31)10-14-11-18(14)33-2/h3-9,12-14,18,24H,10-11H2,1-2H3,(H,27,28)/t14-,18-/m1/s1. The molecule has 0 aromatic carbocycles. The van der Waals surface area contributed by atoms with Crippen LogP contribution >= 0.6 is 0 Å². The van der Waals surface area contributed by atoms with Gasteiger partial charge >= 0.3 is 0 Å². The van der Waals surface area contributed by atoms with E-state index < -0.39 is 0 Å². The molecule has 1 fully saturated rings. The van der Waals surface area contributed by atoms with E-state index >= 15 is 0 Å². The molecular weight excluding hydrogens is 422 g/mol. The summed E-state index contributed by atoms with van der Waals surface area (Å²) in [6.45, 7) is 0. The molecule has 4 aromatic heterocycles. The van der Waals surface area contributed by atoms with Crippen LogP contribution in [0.4, 0.5) is 17.3 Å². The SMILES string of the molecule is CNc1cc(Nc2cccn(-c3ccccn3)c2=O)nc2c(C(=O)C[C@@H]3C[C@H]3OC)cnn12. The van der Waals surface area contributed by atoms with Gasteiger partial charge in [-0.1, -0.05) is 6.07 Å². The first-order chi connectivity index (χ1) is 16.1. The number of ketones is 1. The number of Topliss-reactive ketones (excluding diaryl/α,β-unsaturated/α-hetero) is 1. The van der Waals surface area contributed by atoms with E-state index in [-0.39, 0.29) is 23.4 Å². The summed E-state index contributed by atoms with van der Waals surface area (Å²) in [5.74, 6) is 1.76. The average molecular weight is 445 g/mol. The Morgan fingerprint density at radius 1 is 1.27 bits per heavy atom. The lowest BCUT2D eigenvalue weighted by Crippen LogP contribution is -2.21. The van der Waals surface area contributed by atoms with Crippen LogP contribution in [0.2, 0.25) is 0 Å². The Morgan fingerprint density at radius 2 is 2.15 bits per heavy atom. The van der Waals surface area contributed by atoms with Gasteiger partial charge in [-0.25, -0.2) is 9.97 Å². The largest absolute Gasteiger partial charge is 0.381 e. The second-order valence-corrected chi connectivity index (χ2v) is 7.88. The van der Waals surface area contributed by atoms with Gasteiger partial charge in [0.15, 0.2) is 11.4 Å². The molecule has 1 saturated carbocycles. The first-order valence-electron chi connectivity index (χ1n) is 10.6. The molecule has 1 aliphatic rings. The van der Waals surface area contributed by atoms with Crippen molar-refractivity contribution in [2.24, 2.45) is 5.92 Å². The number of nitrogens with zero attached hydrogens (tertiary/aromatic N) is 5.